The van der Waals surface area contributed by atoms with Gasteiger partial charge < -0.3 is 14.8 Å². The van der Waals surface area contributed by atoms with E-state index in [0.717, 1.165) is 12.8 Å². The molecule has 1 fully saturated rings. The third-order valence-electron chi connectivity index (χ3n) is 2.47. The van der Waals surface area contributed by atoms with E-state index >= 15 is 0 Å². The first kappa shape index (κ1) is 8.31. The molecule has 0 amide bonds. The van der Waals surface area contributed by atoms with E-state index in [0.29, 0.717) is 5.56 Å². The van der Waals surface area contributed by atoms with Crippen LogP contribution in [0, 0.1) is 0 Å². The van der Waals surface area contributed by atoms with Crippen LogP contribution >= 0.6 is 0 Å². The molecule has 4 nitrogen and oxygen atoms in total. The monoisotopic (exact) mass is 181 g/mol. The number of hydrogen-bond acceptors (Lipinski definition) is 2. The van der Waals surface area contributed by atoms with Gasteiger partial charge in [-0.25, -0.2) is 4.79 Å². The van der Waals surface area contributed by atoms with Crippen molar-refractivity contribution in [2.45, 2.75) is 25.0 Å². The lowest BCUT2D eigenvalue weighted by Crippen LogP contribution is -2.30. The third kappa shape index (κ3) is 1.45. The molecule has 2 N–H and O–H groups in total. The average molecular weight is 181 g/mol. The first-order valence-electron chi connectivity index (χ1n) is 4.25. The zero-order valence-corrected chi connectivity index (χ0v) is 7.05. The second-order valence-electron chi connectivity index (χ2n) is 3.43. The van der Waals surface area contributed by atoms with E-state index in [1.165, 1.54) is 0 Å². The van der Waals surface area contributed by atoms with Crippen molar-refractivity contribution in [1.29, 1.82) is 0 Å². The van der Waals surface area contributed by atoms with Gasteiger partial charge in [0.2, 0.25) is 0 Å². The van der Waals surface area contributed by atoms with Crippen LogP contribution in [0.5, 0.6) is 0 Å². The summed E-state index contributed by atoms with van der Waals surface area (Å²) in [4.78, 5) is 10.5. The third-order valence-corrected chi connectivity index (χ3v) is 2.47. The van der Waals surface area contributed by atoms with Gasteiger partial charge in [-0.2, -0.15) is 0 Å². The van der Waals surface area contributed by atoms with Gasteiger partial charge in [0.1, 0.15) is 0 Å². The van der Waals surface area contributed by atoms with Gasteiger partial charge in [0, 0.05) is 18.4 Å². The molecule has 4 heteroatoms. The van der Waals surface area contributed by atoms with Crippen molar-refractivity contribution in [2.24, 2.45) is 0 Å². The van der Waals surface area contributed by atoms with Gasteiger partial charge in [0.15, 0.2) is 0 Å². The number of rotatable bonds is 2. The molecular formula is C9H11NO3. The number of aromatic nitrogens is 1. The van der Waals surface area contributed by atoms with Crippen LogP contribution in [0.3, 0.4) is 0 Å². The van der Waals surface area contributed by atoms with E-state index in [-0.39, 0.29) is 12.1 Å². The number of aromatic carboxylic acids is 1. The molecule has 1 aliphatic carbocycles. The SMILES string of the molecule is O=C(O)c1ccn(C2CC(O)C2)c1. The summed E-state index contributed by atoms with van der Waals surface area (Å²) in [7, 11) is 0. The molecule has 0 aliphatic heterocycles. The molecule has 1 aliphatic rings. The van der Waals surface area contributed by atoms with Gasteiger partial charge in [0.25, 0.3) is 0 Å². The Balaban J connectivity index is 2.10. The van der Waals surface area contributed by atoms with Crippen molar-refractivity contribution >= 4 is 5.97 Å². The predicted molar refractivity (Wildman–Crippen MR) is 45.7 cm³/mol. The largest absolute Gasteiger partial charge is 0.478 e. The molecule has 0 unspecified atom stereocenters. The Kier molecular flexibility index (Phi) is 1.84. The summed E-state index contributed by atoms with van der Waals surface area (Å²) in [6.07, 6.45) is 4.61. The Morgan fingerprint density at radius 1 is 1.54 bits per heavy atom. The molecule has 0 saturated heterocycles. The van der Waals surface area contributed by atoms with E-state index < -0.39 is 5.97 Å². The summed E-state index contributed by atoms with van der Waals surface area (Å²) in [6.45, 7) is 0. The lowest BCUT2D eigenvalue weighted by atomic mass is 9.89. The molecule has 1 heterocycles. The van der Waals surface area contributed by atoms with Crippen molar-refractivity contribution in [3.05, 3.63) is 24.0 Å². The van der Waals surface area contributed by atoms with Crippen LogP contribution in [-0.4, -0.2) is 26.9 Å². The van der Waals surface area contributed by atoms with E-state index in [9.17, 15) is 4.79 Å². The maximum absolute atomic E-state index is 10.5. The Bertz CT molecular complexity index is 325. The zero-order valence-electron chi connectivity index (χ0n) is 7.05. The highest BCUT2D eigenvalue weighted by atomic mass is 16.4. The van der Waals surface area contributed by atoms with Gasteiger partial charge in [0.05, 0.1) is 11.7 Å². The molecule has 0 atom stereocenters. The molecule has 13 heavy (non-hydrogen) atoms. The summed E-state index contributed by atoms with van der Waals surface area (Å²) >= 11 is 0. The first-order valence-corrected chi connectivity index (χ1v) is 4.25. The average Bonchev–Trinajstić information content (AvgIpc) is 2.46. The second kappa shape index (κ2) is 2.88. The van der Waals surface area contributed by atoms with Crippen LogP contribution in [0.25, 0.3) is 0 Å². The van der Waals surface area contributed by atoms with Crippen LogP contribution in [-0.2, 0) is 0 Å². The van der Waals surface area contributed by atoms with Crippen molar-refractivity contribution in [3.8, 4) is 0 Å². The summed E-state index contributed by atoms with van der Waals surface area (Å²) < 4.78 is 1.86. The van der Waals surface area contributed by atoms with E-state index in [1.54, 1.807) is 18.5 Å². The maximum Gasteiger partial charge on any atom is 0.337 e. The smallest absolute Gasteiger partial charge is 0.337 e. The number of aliphatic hydroxyl groups is 1. The van der Waals surface area contributed by atoms with Crippen molar-refractivity contribution < 1.29 is 15.0 Å². The fraction of sp³-hybridized carbons (Fsp3) is 0.444. The van der Waals surface area contributed by atoms with Crippen LogP contribution < -0.4 is 0 Å². The second-order valence-corrected chi connectivity index (χ2v) is 3.43. The molecule has 0 spiro atoms. The van der Waals surface area contributed by atoms with Crippen LogP contribution in [0.1, 0.15) is 29.2 Å². The predicted octanol–water partition coefficient (Wildman–Crippen LogP) is 0.882. The molecule has 1 saturated carbocycles. The van der Waals surface area contributed by atoms with Gasteiger partial charge in [-0.15, -0.1) is 0 Å². The minimum Gasteiger partial charge on any atom is -0.478 e. The topological polar surface area (TPSA) is 62.5 Å². The molecule has 1 aromatic rings. The lowest BCUT2D eigenvalue weighted by molar-refractivity contribution is 0.0486. The standard InChI is InChI=1S/C9H11NO3/c11-8-3-7(4-8)10-2-1-6(5-10)9(12)13/h1-2,5,7-8,11H,3-4H2,(H,12,13). The summed E-state index contributed by atoms with van der Waals surface area (Å²) in [6, 6.07) is 1.86. The van der Waals surface area contributed by atoms with E-state index in [1.807, 2.05) is 4.57 Å². The van der Waals surface area contributed by atoms with Crippen molar-refractivity contribution in [1.82, 2.24) is 4.57 Å². The fourth-order valence-electron chi connectivity index (χ4n) is 1.57. The summed E-state index contributed by atoms with van der Waals surface area (Å²) in [5.41, 5.74) is 0.307. The molecule has 2 rings (SSSR count). The number of carboxylic acids is 1. The van der Waals surface area contributed by atoms with Gasteiger partial charge in [-0.1, -0.05) is 0 Å². The van der Waals surface area contributed by atoms with Crippen molar-refractivity contribution in [3.63, 3.8) is 0 Å². The highest BCUT2D eigenvalue weighted by Gasteiger charge is 2.28. The minimum atomic E-state index is -0.904. The quantitative estimate of drug-likeness (QED) is 0.712. The summed E-state index contributed by atoms with van der Waals surface area (Å²) in [5, 5.41) is 17.7. The van der Waals surface area contributed by atoms with E-state index in [4.69, 9.17) is 10.2 Å². The lowest BCUT2D eigenvalue weighted by Gasteiger charge is -2.32. The molecular weight excluding hydrogens is 170 g/mol. The Morgan fingerprint density at radius 2 is 2.23 bits per heavy atom. The molecule has 0 bridgehead atoms. The number of hydrogen-bond donors (Lipinski definition) is 2. The van der Waals surface area contributed by atoms with Gasteiger partial charge >= 0.3 is 5.97 Å². The Labute approximate surface area is 75.4 Å². The van der Waals surface area contributed by atoms with Crippen LogP contribution in [0.15, 0.2) is 18.5 Å². The van der Waals surface area contributed by atoms with Crippen molar-refractivity contribution in [2.75, 3.05) is 0 Å². The number of carboxylic acid groups (broad SMARTS) is 1. The minimum absolute atomic E-state index is 0.208. The highest BCUT2D eigenvalue weighted by molar-refractivity contribution is 5.87. The molecule has 0 radical (unpaired) electrons. The van der Waals surface area contributed by atoms with Gasteiger partial charge in [-0.3, -0.25) is 0 Å². The number of nitrogens with zero attached hydrogens (tertiary/aromatic N) is 1. The zero-order chi connectivity index (χ0) is 9.42. The fourth-order valence-corrected chi connectivity index (χ4v) is 1.57. The number of aliphatic hydroxyl groups excluding tert-OH is 1. The normalized spacial score (nSPS) is 26.8. The van der Waals surface area contributed by atoms with Crippen LogP contribution in [0.4, 0.5) is 0 Å². The van der Waals surface area contributed by atoms with Gasteiger partial charge in [-0.05, 0) is 18.9 Å². The summed E-state index contributed by atoms with van der Waals surface area (Å²) in [5.74, 6) is -0.904. The highest BCUT2D eigenvalue weighted by Crippen LogP contribution is 2.32. The molecule has 70 valence electrons. The molecule has 0 aromatic carbocycles. The number of carbonyl (C=O) groups is 1. The molecule has 1 aromatic heterocycles. The maximum atomic E-state index is 10.5. The van der Waals surface area contributed by atoms with E-state index in [2.05, 4.69) is 0 Å². The van der Waals surface area contributed by atoms with Crippen LogP contribution in [0.2, 0.25) is 0 Å². The first-order chi connectivity index (χ1) is 6.16. The Morgan fingerprint density at radius 3 is 2.69 bits per heavy atom. The Hall–Kier alpha value is -1.29.